The number of benzene rings is 1. The second-order valence-corrected chi connectivity index (χ2v) is 7.73. The Morgan fingerprint density at radius 1 is 1.24 bits per heavy atom. The first-order chi connectivity index (χ1) is 13.9. The lowest BCUT2D eigenvalue weighted by atomic mass is 9.73. The van der Waals surface area contributed by atoms with E-state index in [1.807, 2.05) is 25.1 Å². The van der Waals surface area contributed by atoms with Crippen LogP contribution in [0, 0.1) is 5.92 Å². The monoisotopic (exact) mass is 403 g/mol. The summed E-state index contributed by atoms with van der Waals surface area (Å²) >= 11 is 0. The molecule has 3 rings (SSSR count). The normalized spacial score (nSPS) is 23.8. The molecule has 8 heteroatoms. The Labute approximate surface area is 170 Å². The van der Waals surface area contributed by atoms with E-state index in [1.165, 1.54) is 0 Å². The average molecular weight is 403 g/mol. The Balaban J connectivity index is 1.53. The highest BCUT2D eigenvalue weighted by Crippen LogP contribution is 2.38. The molecule has 1 saturated carbocycles. The van der Waals surface area contributed by atoms with Crippen LogP contribution in [0.4, 0.5) is 4.79 Å². The topological polar surface area (TPSA) is 97.0 Å². The highest BCUT2D eigenvalue weighted by molar-refractivity contribution is 6.09. The van der Waals surface area contributed by atoms with Gasteiger partial charge >= 0.3 is 6.03 Å². The van der Waals surface area contributed by atoms with Crippen molar-refractivity contribution in [3.05, 3.63) is 23.8 Å². The van der Waals surface area contributed by atoms with Crippen molar-refractivity contribution in [1.29, 1.82) is 0 Å². The SMILES string of the molecule is COc1ccc(CCNC(=O)CN2C(=O)N[C@]3(CCCC[C@H]3C)C2=O)cc1OC. The summed E-state index contributed by atoms with van der Waals surface area (Å²) in [5, 5.41) is 5.64. The molecular weight excluding hydrogens is 374 g/mol. The Hall–Kier alpha value is -2.77. The fourth-order valence-electron chi connectivity index (χ4n) is 4.22. The van der Waals surface area contributed by atoms with E-state index in [4.69, 9.17) is 9.47 Å². The molecule has 0 radical (unpaired) electrons. The molecule has 1 spiro atoms. The van der Waals surface area contributed by atoms with Crippen LogP contribution in [0.3, 0.4) is 0 Å². The molecule has 2 fully saturated rings. The molecule has 8 nitrogen and oxygen atoms in total. The molecule has 29 heavy (non-hydrogen) atoms. The molecule has 158 valence electrons. The number of rotatable bonds is 7. The van der Waals surface area contributed by atoms with Crippen molar-refractivity contribution in [3.63, 3.8) is 0 Å². The van der Waals surface area contributed by atoms with Crippen LogP contribution in [-0.2, 0) is 16.0 Å². The van der Waals surface area contributed by atoms with E-state index in [0.717, 1.165) is 29.7 Å². The number of urea groups is 1. The summed E-state index contributed by atoms with van der Waals surface area (Å²) in [6.07, 6.45) is 4.09. The van der Waals surface area contributed by atoms with Crippen LogP contribution >= 0.6 is 0 Å². The maximum atomic E-state index is 12.9. The second-order valence-electron chi connectivity index (χ2n) is 7.73. The maximum Gasteiger partial charge on any atom is 0.325 e. The van der Waals surface area contributed by atoms with Crippen LogP contribution in [-0.4, -0.2) is 55.6 Å². The van der Waals surface area contributed by atoms with Crippen LogP contribution in [0.5, 0.6) is 11.5 Å². The van der Waals surface area contributed by atoms with Gasteiger partial charge in [0, 0.05) is 6.54 Å². The molecular formula is C21H29N3O5. The zero-order valence-corrected chi connectivity index (χ0v) is 17.2. The summed E-state index contributed by atoms with van der Waals surface area (Å²) in [6, 6.07) is 5.10. The zero-order chi connectivity index (χ0) is 21.0. The largest absolute Gasteiger partial charge is 0.493 e. The standard InChI is InChI=1S/C21H29N3O5/c1-14-6-4-5-10-21(14)19(26)24(20(27)23-21)13-18(25)22-11-9-15-7-8-16(28-2)17(12-15)29-3/h7-8,12,14H,4-6,9-11,13H2,1-3H3,(H,22,25)(H,23,27)/t14-,21+/m1/s1. The number of methoxy groups -OCH3 is 2. The number of nitrogens with zero attached hydrogens (tertiary/aromatic N) is 1. The Bertz CT molecular complexity index is 797. The van der Waals surface area contributed by atoms with Gasteiger partial charge in [-0.2, -0.15) is 0 Å². The van der Waals surface area contributed by atoms with Crippen molar-refractivity contribution in [2.24, 2.45) is 5.92 Å². The van der Waals surface area contributed by atoms with Gasteiger partial charge in [-0.05, 0) is 42.9 Å². The molecule has 2 N–H and O–H groups in total. The van der Waals surface area contributed by atoms with Gasteiger partial charge in [-0.25, -0.2) is 4.79 Å². The summed E-state index contributed by atoms with van der Waals surface area (Å²) in [5.41, 5.74) is 0.142. The number of ether oxygens (including phenoxy) is 2. The van der Waals surface area contributed by atoms with Crippen LogP contribution in [0.1, 0.15) is 38.2 Å². The quantitative estimate of drug-likeness (QED) is 0.678. The van der Waals surface area contributed by atoms with Crippen LogP contribution < -0.4 is 20.1 Å². The van der Waals surface area contributed by atoms with Gasteiger partial charge in [0.1, 0.15) is 12.1 Å². The molecule has 0 bridgehead atoms. The zero-order valence-electron chi connectivity index (χ0n) is 17.2. The van der Waals surface area contributed by atoms with Gasteiger partial charge in [0.25, 0.3) is 5.91 Å². The van der Waals surface area contributed by atoms with Gasteiger partial charge in [-0.15, -0.1) is 0 Å². The molecule has 1 saturated heterocycles. The Morgan fingerprint density at radius 3 is 2.69 bits per heavy atom. The van der Waals surface area contributed by atoms with Gasteiger partial charge in [0.15, 0.2) is 11.5 Å². The van der Waals surface area contributed by atoms with Gasteiger partial charge in [0.05, 0.1) is 14.2 Å². The lowest BCUT2D eigenvalue weighted by molar-refractivity contribution is -0.137. The smallest absolute Gasteiger partial charge is 0.325 e. The van der Waals surface area contributed by atoms with Gasteiger partial charge in [-0.1, -0.05) is 25.8 Å². The molecule has 2 aliphatic rings. The van der Waals surface area contributed by atoms with E-state index in [9.17, 15) is 14.4 Å². The van der Waals surface area contributed by atoms with Gasteiger partial charge < -0.3 is 20.1 Å². The summed E-state index contributed by atoms with van der Waals surface area (Å²) in [4.78, 5) is 38.6. The van der Waals surface area contributed by atoms with Crippen LogP contribution in [0.15, 0.2) is 18.2 Å². The fraction of sp³-hybridized carbons (Fsp3) is 0.571. The average Bonchev–Trinajstić information content (AvgIpc) is 2.95. The van der Waals surface area contributed by atoms with E-state index in [2.05, 4.69) is 10.6 Å². The predicted octanol–water partition coefficient (Wildman–Crippen LogP) is 1.86. The van der Waals surface area contributed by atoms with Crippen molar-refractivity contribution in [2.75, 3.05) is 27.3 Å². The number of imide groups is 1. The van der Waals surface area contributed by atoms with Gasteiger partial charge in [-0.3, -0.25) is 14.5 Å². The lowest BCUT2D eigenvalue weighted by Gasteiger charge is -2.36. The van der Waals surface area contributed by atoms with Crippen LogP contribution in [0.2, 0.25) is 0 Å². The first-order valence-electron chi connectivity index (χ1n) is 10.0. The number of carbonyl (C=O) groups is 3. The Morgan fingerprint density at radius 2 is 2.00 bits per heavy atom. The first kappa shape index (κ1) is 21.0. The van der Waals surface area contributed by atoms with Crippen molar-refractivity contribution < 1.29 is 23.9 Å². The third-order valence-electron chi connectivity index (χ3n) is 5.99. The minimum Gasteiger partial charge on any atom is -0.493 e. The number of hydrogen-bond acceptors (Lipinski definition) is 5. The molecule has 4 amide bonds. The molecule has 1 aromatic rings. The number of hydrogen-bond donors (Lipinski definition) is 2. The summed E-state index contributed by atoms with van der Waals surface area (Å²) < 4.78 is 10.5. The molecule has 1 aliphatic heterocycles. The fourth-order valence-corrected chi connectivity index (χ4v) is 4.22. The van der Waals surface area contributed by atoms with E-state index >= 15 is 0 Å². The minimum atomic E-state index is -0.838. The van der Waals surface area contributed by atoms with Crippen molar-refractivity contribution in [1.82, 2.24) is 15.5 Å². The molecule has 0 unspecified atom stereocenters. The Kier molecular flexibility index (Phi) is 6.30. The molecule has 1 aromatic carbocycles. The molecule has 2 atom stereocenters. The predicted molar refractivity (Wildman–Crippen MR) is 107 cm³/mol. The summed E-state index contributed by atoms with van der Waals surface area (Å²) in [7, 11) is 3.15. The number of carbonyl (C=O) groups excluding carboxylic acids is 3. The van der Waals surface area contributed by atoms with Crippen molar-refractivity contribution in [3.8, 4) is 11.5 Å². The molecule has 1 aliphatic carbocycles. The lowest BCUT2D eigenvalue weighted by Crippen LogP contribution is -2.54. The third-order valence-corrected chi connectivity index (χ3v) is 5.99. The number of amides is 4. The van der Waals surface area contributed by atoms with E-state index < -0.39 is 11.6 Å². The molecule has 1 heterocycles. The van der Waals surface area contributed by atoms with Crippen molar-refractivity contribution in [2.45, 2.75) is 44.6 Å². The third kappa shape index (κ3) is 4.16. The second kappa shape index (κ2) is 8.71. The summed E-state index contributed by atoms with van der Waals surface area (Å²) in [5.74, 6) is 0.720. The van der Waals surface area contributed by atoms with E-state index in [1.54, 1.807) is 14.2 Å². The number of nitrogens with one attached hydrogen (secondary N) is 2. The minimum absolute atomic E-state index is 0.0748. The summed E-state index contributed by atoms with van der Waals surface area (Å²) in [6.45, 7) is 2.12. The van der Waals surface area contributed by atoms with E-state index in [-0.39, 0.29) is 24.3 Å². The van der Waals surface area contributed by atoms with Gasteiger partial charge in [0.2, 0.25) is 5.91 Å². The van der Waals surface area contributed by atoms with Crippen molar-refractivity contribution >= 4 is 17.8 Å². The van der Waals surface area contributed by atoms with E-state index in [0.29, 0.717) is 30.9 Å². The molecule has 0 aromatic heterocycles. The first-order valence-corrected chi connectivity index (χ1v) is 10.0. The maximum absolute atomic E-state index is 12.9. The highest BCUT2D eigenvalue weighted by Gasteiger charge is 2.55. The highest BCUT2D eigenvalue weighted by atomic mass is 16.5. The van der Waals surface area contributed by atoms with Crippen LogP contribution in [0.25, 0.3) is 0 Å².